The smallest absolute Gasteiger partial charge is 0.344 e. The van der Waals surface area contributed by atoms with E-state index in [2.05, 4.69) is 20.8 Å². The van der Waals surface area contributed by atoms with Gasteiger partial charge in [-0.2, -0.15) is 30.0 Å². The molecule has 0 saturated heterocycles. The maximum Gasteiger partial charge on any atom is 0.394 e. The van der Waals surface area contributed by atoms with Gasteiger partial charge >= 0.3 is 17.1 Å². The van der Waals surface area contributed by atoms with E-state index in [-0.39, 0.29) is 17.3 Å². The molecule has 0 atom stereocenters. The molecule has 0 radical (unpaired) electrons. The van der Waals surface area contributed by atoms with E-state index in [9.17, 15) is 21.6 Å². The predicted molar refractivity (Wildman–Crippen MR) is 80.7 cm³/mol. The van der Waals surface area contributed by atoms with Crippen molar-refractivity contribution in [3.8, 4) is 0 Å². The molecule has 13 heteroatoms. The van der Waals surface area contributed by atoms with Crippen molar-refractivity contribution in [3.63, 3.8) is 0 Å². The third kappa shape index (κ3) is 34.0. The van der Waals surface area contributed by atoms with Crippen LogP contribution in [-0.2, 0) is 20.5 Å². The molecular formula is C10H26F3NO7S2. The first-order valence-electron chi connectivity index (χ1n) is 6.19. The molecule has 0 aliphatic rings. The van der Waals surface area contributed by atoms with E-state index >= 15 is 0 Å². The van der Waals surface area contributed by atoms with Crippen LogP contribution in [0.3, 0.4) is 0 Å². The van der Waals surface area contributed by atoms with E-state index in [4.69, 9.17) is 22.1 Å². The Kier molecular flexibility index (Phi) is 18.4. The molecule has 0 rings (SSSR count). The molecule has 8 nitrogen and oxygen atoms in total. The van der Waals surface area contributed by atoms with Crippen LogP contribution in [0.5, 0.6) is 0 Å². The van der Waals surface area contributed by atoms with Gasteiger partial charge in [-0.25, -0.2) is 0 Å². The minimum Gasteiger partial charge on any atom is -0.344 e. The van der Waals surface area contributed by atoms with Gasteiger partial charge in [0.15, 0.2) is 0 Å². The summed E-state index contributed by atoms with van der Waals surface area (Å²) in [5.74, 6) is -0.109. The summed E-state index contributed by atoms with van der Waals surface area (Å²) in [5.41, 5.74) is 0.0931. The Hall–Kier alpha value is -0.470. The molecule has 0 bridgehead atoms. The standard InChI is InChI=1S/C9H20O3S.CHF3.H3N.H2O4S/c1-4-9(5-2,6-3)7-8-13(10,11)12;2-1(3)4;;1-5(2,3)4/h4-8H2,1-3H3,(H,10,11,12);1H;1H3;(H2,1,2,3,4). The van der Waals surface area contributed by atoms with Crippen molar-refractivity contribution in [3.05, 3.63) is 0 Å². The fourth-order valence-electron chi connectivity index (χ4n) is 1.63. The summed E-state index contributed by atoms with van der Waals surface area (Å²) in [4.78, 5) is 0. The van der Waals surface area contributed by atoms with Crippen molar-refractivity contribution in [2.75, 3.05) is 5.75 Å². The molecule has 0 aromatic carbocycles. The first-order chi connectivity index (χ1) is 9.62. The molecule has 0 aromatic rings. The lowest BCUT2D eigenvalue weighted by molar-refractivity contribution is 0.00818. The van der Waals surface area contributed by atoms with Gasteiger partial charge in [0.1, 0.15) is 0 Å². The van der Waals surface area contributed by atoms with Crippen molar-refractivity contribution in [2.45, 2.75) is 53.1 Å². The van der Waals surface area contributed by atoms with Crippen LogP contribution in [0.25, 0.3) is 0 Å². The number of halogens is 3. The molecule has 0 amide bonds. The van der Waals surface area contributed by atoms with Crippen LogP contribution in [0.2, 0.25) is 0 Å². The molecule has 0 aliphatic carbocycles. The van der Waals surface area contributed by atoms with E-state index in [0.29, 0.717) is 6.42 Å². The van der Waals surface area contributed by atoms with Gasteiger partial charge in [-0.3, -0.25) is 13.7 Å². The number of alkyl halides is 3. The SMILES string of the molecule is CCC(CC)(CC)CCS(=O)(=O)O.FC(F)F.N.O=S(=O)(O)O. The second kappa shape index (κ2) is 13.9. The number of hydrogen-bond donors (Lipinski definition) is 4. The van der Waals surface area contributed by atoms with Crippen LogP contribution in [0.15, 0.2) is 0 Å². The first-order valence-corrected chi connectivity index (χ1v) is 9.20. The van der Waals surface area contributed by atoms with Gasteiger partial charge < -0.3 is 6.15 Å². The van der Waals surface area contributed by atoms with Crippen molar-refractivity contribution in [1.82, 2.24) is 6.15 Å². The molecule has 0 unspecified atom stereocenters. The van der Waals surface area contributed by atoms with Crippen LogP contribution < -0.4 is 6.15 Å². The van der Waals surface area contributed by atoms with Crippen LogP contribution in [0, 0.1) is 5.41 Å². The first kappa shape index (κ1) is 30.4. The molecular weight excluding hydrogens is 367 g/mol. The van der Waals surface area contributed by atoms with Gasteiger partial charge in [0.25, 0.3) is 10.1 Å². The summed E-state index contributed by atoms with van der Waals surface area (Å²) in [6, 6.07) is 0. The average Bonchev–Trinajstić information content (AvgIpc) is 2.27. The minimum absolute atomic E-state index is 0. The van der Waals surface area contributed by atoms with Crippen LogP contribution >= 0.6 is 0 Å². The third-order valence-electron chi connectivity index (χ3n) is 3.14. The summed E-state index contributed by atoms with van der Waals surface area (Å²) in [7, 11) is -8.45. The highest BCUT2D eigenvalue weighted by atomic mass is 32.3. The van der Waals surface area contributed by atoms with Gasteiger partial charge in [-0.05, 0) is 11.8 Å². The molecule has 6 N–H and O–H groups in total. The molecule has 0 aliphatic heterocycles. The van der Waals surface area contributed by atoms with Crippen LogP contribution in [0.4, 0.5) is 13.2 Å². The van der Waals surface area contributed by atoms with Gasteiger partial charge in [-0.1, -0.05) is 40.0 Å². The summed E-state index contributed by atoms with van der Waals surface area (Å²) in [6.07, 6.45) is 3.47. The fourth-order valence-corrected chi connectivity index (χ4v) is 2.32. The topological polar surface area (TPSA) is 164 Å². The lowest BCUT2D eigenvalue weighted by Crippen LogP contribution is -2.22. The zero-order valence-electron chi connectivity index (χ0n) is 13.2. The predicted octanol–water partition coefficient (Wildman–Crippen LogP) is 3.17. The molecule has 0 aromatic heterocycles. The van der Waals surface area contributed by atoms with Crippen molar-refractivity contribution >= 4 is 20.5 Å². The van der Waals surface area contributed by atoms with E-state index in [1.807, 2.05) is 0 Å². The Morgan fingerprint density at radius 1 is 0.870 bits per heavy atom. The monoisotopic (exact) mass is 393 g/mol. The van der Waals surface area contributed by atoms with Crippen LogP contribution in [0.1, 0.15) is 46.5 Å². The fraction of sp³-hybridized carbons (Fsp3) is 1.00. The normalized spacial score (nSPS) is 11.6. The van der Waals surface area contributed by atoms with Crippen molar-refractivity contribution < 1.29 is 43.7 Å². The van der Waals surface area contributed by atoms with Crippen molar-refractivity contribution in [2.24, 2.45) is 5.41 Å². The largest absolute Gasteiger partial charge is 0.394 e. The quantitative estimate of drug-likeness (QED) is 0.500. The summed E-state index contributed by atoms with van der Waals surface area (Å²) in [6.45, 7) is 2.53. The minimum atomic E-state index is -4.67. The molecule has 0 saturated carbocycles. The Balaban J connectivity index is -0.000000150. The zero-order chi connectivity index (χ0) is 18.6. The maximum atomic E-state index is 10.6. The number of hydrogen-bond acceptors (Lipinski definition) is 5. The third-order valence-corrected chi connectivity index (χ3v) is 3.86. The van der Waals surface area contributed by atoms with E-state index in [1.54, 1.807) is 0 Å². The molecule has 0 heterocycles. The highest BCUT2D eigenvalue weighted by Crippen LogP contribution is 2.34. The van der Waals surface area contributed by atoms with Crippen molar-refractivity contribution in [1.29, 1.82) is 0 Å². The van der Waals surface area contributed by atoms with E-state index in [0.717, 1.165) is 19.3 Å². The summed E-state index contributed by atoms with van der Waals surface area (Å²) < 4.78 is 90.4. The van der Waals surface area contributed by atoms with E-state index < -0.39 is 27.2 Å². The summed E-state index contributed by atoms with van der Waals surface area (Å²) >= 11 is 0. The Bertz CT molecular complexity index is 446. The highest BCUT2D eigenvalue weighted by molar-refractivity contribution is 7.85. The van der Waals surface area contributed by atoms with E-state index in [1.165, 1.54) is 0 Å². The number of rotatable bonds is 6. The lowest BCUT2D eigenvalue weighted by atomic mass is 9.78. The Morgan fingerprint density at radius 3 is 1.22 bits per heavy atom. The molecule has 0 fully saturated rings. The molecule has 146 valence electrons. The van der Waals surface area contributed by atoms with Crippen LogP contribution in [-0.4, -0.2) is 42.9 Å². The Morgan fingerprint density at radius 2 is 1.09 bits per heavy atom. The van der Waals surface area contributed by atoms with Gasteiger partial charge in [0, 0.05) is 0 Å². The van der Waals surface area contributed by atoms with Gasteiger partial charge in [-0.15, -0.1) is 0 Å². The molecule has 23 heavy (non-hydrogen) atoms. The maximum absolute atomic E-state index is 10.6. The zero-order valence-corrected chi connectivity index (χ0v) is 14.9. The summed E-state index contributed by atoms with van der Waals surface area (Å²) in [5, 5.41) is 0. The average molecular weight is 393 g/mol. The Labute approximate surface area is 135 Å². The molecule has 0 spiro atoms. The second-order valence-corrected chi connectivity index (χ2v) is 6.76. The van der Waals surface area contributed by atoms with Gasteiger partial charge in [0.05, 0.1) is 5.75 Å². The lowest BCUT2D eigenvalue weighted by Gasteiger charge is -2.29. The second-order valence-electron chi connectivity index (χ2n) is 4.29. The highest BCUT2D eigenvalue weighted by Gasteiger charge is 2.25. The van der Waals surface area contributed by atoms with Gasteiger partial charge in [0.2, 0.25) is 0 Å².